The van der Waals surface area contributed by atoms with Crippen LogP contribution in [0.15, 0.2) is 24.3 Å². The Labute approximate surface area is 109 Å². The van der Waals surface area contributed by atoms with E-state index >= 15 is 0 Å². The summed E-state index contributed by atoms with van der Waals surface area (Å²) in [4.78, 5) is 22.2. The zero-order chi connectivity index (χ0) is 13.1. The van der Waals surface area contributed by atoms with Gasteiger partial charge in [-0.1, -0.05) is 23.7 Å². The van der Waals surface area contributed by atoms with Gasteiger partial charge in [0.15, 0.2) is 0 Å². The number of hydrogen-bond donors (Lipinski definition) is 2. The first-order chi connectivity index (χ1) is 8.56. The van der Waals surface area contributed by atoms with Crippen LogP contribution in [0, 0.1) is 0 Å². The Hall–Kier alpha value is -1.59. The van der Waals surface area contributed by atoms with Gasteiger partial charge in [-0.05, 0) is 17.7 Å². The predicted octanol–water partition coefficient (Wildman–Crippen LogP) is 1.37. The van der Waals surface area contributed by atoms with Gasteiger partial charge in [0, 0.05) is 5.02 Å². The zero-order valence-electron chi connectivity index (χ0n) is 9.43. The van der Waals surface area contributed by atoms with Crippen LogP contribution in [0.5, 0.6) is 0 Å². The Morgan fingerprint density at radius 3 is 2.67 bits per heavy atom. The number of carbonyl (C=O) groups excluding carboxylic acids is 1. The number of aliphatic carboxylic acids is 1. The Morgan fingerprint density at radius 1 is 1.44 bits per heavy atom. The molecule has 1 amide bonds. The largest absolute Gasteiger partial charge is 0.481 e. The second-order valence-electron chi connectivity index (χ2n) is 4.03. The van der Waals surface area contributed by atoms with Crippen LogP contribution < -0.4 is 5.32 Å². The van der Waals surface area contributed by atoms with Crippen molar-refractivity contribution in [3.63, 3.8) is 0 Å². The van der Waals surface area contributed by atoms with Crippen molar-refractivity contribution in [1.82, 2.24) is 5.32 Å². The molecular weight excluding hydrogens is 258 g/mol. The number of carboxylic acids is 1. The van der Waals surface area contributed by atoms with Crippen LogP contribution in [0.2, 0.25) is 5.02 Å². The second kappa shape index (κ2) is 5.37. The molecule has 1 aromatic rings. The van der Waals surface area contributed by atoms with E-state index in [1.165, 1.54) is 0 Å². The van der Waals surface area contributed by atoms with E-state index in [1.807, 2.05) is 0 Å². The molecule has 1 heterocycles. The normalized spacial score (nSPS) is 23.5. The molecule has 1 fully saturated rings. The summed E-state index contributed by atoms with van der Waals surface area (Å²) in [5.74, 6) is -1.45. The van der Waals surface area contributed by atoms with Crippen LogP contribution in [0.1, 0.15) is 18.0 Å². The van der Waals surface area contributed by atoms with Crippen molar-refractivity contribution in [2.45, 2.75) is 18.6 Å². The van der Waals surface area contributed by atoms with Gasteiger partial charge in [-0.25, -0.2) is 0 Å². The fourth-order valence-corrected chi connectivity index (χ4v) is 1.91. The van der Waals surface area contributed by atoms with Crippen LogP contribution in [0.3, 0.4) is 0 Å². The molecule has 0 aromatic heterocycles. The van der Waals surface area contributed by atoms with Gasteiger partial charge in [-0.15, -0.1) is 0 Å². The van der Waals surface area contributed by atoms with Gasteiger partial charge in [-0.2, -0.15) is 0 Å². The summed E-state index contributed by atoms with van der Waals surface area (Å²) >= 11 is 5.78. The molecule has 0 spiro atoms. The molecule has 2 unspecified atom stereocenters. The third-order valence-electron chi connectivity index (χ3n) is 2.71. The highest BCUT2D eigenvalue weighted by Crippen LogP contribution is 2.21. The van der Waals surface area contributed by atoms with E-state index in [0.29, 0.717) is 5.02 Å². The number of nitrogens with one attached hydrogen (secondary N) is 1. The lowest BCUT2D eigenvalue weighted by molar-refractivity contribution is -0.151. The highest BCUT2D eigenvalue weighted by Gasteiger charge is 2.30. The molecule has 2 N–H and O–H groups in total. The lowest BCUT2D eigenvalue weighted by atomic mass is 10.1. The molecule has 5 nitrogen and oxygen atoms in total. The van der Waals surface area contributed by atoms with E-state index in [1.54, 1.807) is 24.3 Å². The van der Waals surface area contributed by atoms with Gasteiger partial charge < -0.3 is 15.2 Å². The molecule has 0 aliphatic carbocycles. The van der Waals surface area contributed by atoms with Crippen LogP contribution in [0.4, 0.5) is 0 Å². The van der Waals surface area contributed by atoms with Crippen LogP contribution >= 0.6 is 11.6 Å². The van der Waals surface area contributed by atoms with E-state index in [2.05, 4.69) is 5.32 Å². The fourth-order valence-electron chi connectivity index (χ4n) is 1.78. The van der Waals surface area contributed by atoms with Crippen LogP contribution in [0.25, 0.3) is 0 Å². The SMILES string of the molecule is O=C(O)CC1OCC(c2ccc(Cl)cc2)NC1=O. The maximum absolute atomic E-state index is 11.7. The molecule has 6 heteroatoms. The molecule has 18 heavy (non-hydrogen) atoms. The Balaban J connectivity index is 2.01. The van der Waals surface area contributed by atoms with E-state index in [9.17, 15) is 9.59 Å². The highest BCUT2D eigenvalue weighted by atomic mass is 35.5. The quantitative estimate of drug-likeness (QED) is 0.869. The molecule has 0 saturated carbocycles. The van der Waals surface area contributed by atoms with E-state index in [4.69, 9.17) is 21.4 Å². The summed E-state index contributed by atoms with van der Waals surface area (Å²) in [6.45, 7) is 0.255. The van der Waals surface area contributed by atoms with Crippen LogP contribution in [-0.4, -0.2) is 29.7 Å². The Kier molecular flexibility index (Phi) is 3.84. The first kappa shape index (κ1) is 12.9. The minimum atomic E-state index is -1.06. The summed E-state index contributed by atoms with van der Waals surface area (Å²) in [6, 6.07) is 6.79. The molecule has 1 aromatic carbocycles. The smallest absolute Gasteiger partial charge is 0.306 e. The molecule has 0 radical (unpaired) electrons. The maximum atomic E-state index is 11.7. The third-order valence-corrected chi connectivity index (χ3v) is 2.96. The number of hydrogen-bond acceptors (Lipinski definition) is 3. The van der Waals surface area contributed by atoms with Crippen molar-refractivity contribution in [2.75, 3.05) is 6.61 Å². The fraction of sp³-hybridized carbons (Fsp3) is 0.333. The van der Waals surface area contributed by atoms with Crippen molar-refractivity contribution in [2.24, 2.45) is 0 Å². The summed E-state index contributed by atoms with van der Waals surface area (Å²) in [7, 11) is 0. The zero-order valence-corrected chi connectivity index (χ0v) is 10.2. The van der Waals surface area contributed by atoms with E-state index in [-0.39, 0.29) is 19.1 Å². The van der Waals surface area contributed by atoms with Crippen molar-refractivity contribution < 1.29 is 19.4 Å². The molecule has 1 aliphatic rings. The molecular formula is C12H12ClNO4. The number of carboxylic acid groups (broad SMARTS) is 1. The summed E-state index contributed by atoms with van der Waals surface area (Å²) in [5.41, 5.74) is 0.876. The Morgan fingerprint density at radius 2 is 2.11 bits per heavy atom. The minimum absolute atomic E-state index is 0.255. The van der Waals surface area contributed by atoms with Gasteiger partial charge >= 0.3 is 5.97 Å². The standard InChI is InChI=1S/C12H12ClNO4/c13-8-3-1-7(2-4-8)9-6-18-10(5-11(15)16)12(17)14-9/h1-4,9-10H,5-6H2,(H,14,17)(H,15,16). The Bertz CT molecular complexity index is 460. The topological polar surface area (TPSA) is 75.6 Å². The van der Waals surface area contributed by atoms with Gasteiger partial charge in [-0.3, -0.25) is 9.59 Å². The van der Waals surface area contributed by atoms with Gasteiger partial charge in [0.2, 0.25) is 5.91 Å². The number of carbonyl (C=O) groups is 2. The van der Waals surface area contributed by atoms with Crippen molar-refractivity contribution in [3.8, 4) is 0 Å². The number of ether oxygens (including phenoxy) is 1. The third kappa shape index (κ3) is 3.00. The highest BCUT2D eigenvalue weighted by molar-refractivity contribution is 6.30. The number of benzene rings is 1. The molecule has 1 aliphatic heterocycles. The maximum Gasteiger partial charge on any atom is 0.306 e. The first-order valence-corrected chi connectivity index (χ1v) is 5.83. The first-order valence-electron chi connectivity index (χ1n) is 5.45. The van der Waals surface area contributed by atoms with Crippen molar-refractivity contribution >= 4 is 23.5 Å². The van der Waals surface area contributed by atoms with Crippen LogP contribution in [-0.2, 0) is 14.3 Å². The minimum Gasteiger partial charge on any atom is -0.481 e. The average molecular weight is 270 g/mol. The number of amides is 1. The molecule has 96 valence electrons. The summed E-state index contributed by atoms with van der Waals surface area (Å²) < 4.78 is 5.27. The van der Waals surface area contributed by atoms with Crippen molar-refractivity contribution in [1.29, 1.82) is 0 Å². The monoisotopic (exact) mass is 269 g/mol. The summed E-state index contributed by atoms with van der Waals surface area (Å²) in [5, 5.41) is 12.0. The molecule has 2 rings (SSSR count). The van der Waals surface area contributed by atoms with E-state index < -0.39 is 18.0 Å². The molecule has 1 saturated heterocycles. The number of morpholine rings is 1. The summed E-state index contributed by atoms with van der Waals surface area (Å²) in [6.07, 6.45) is -1.23. The number of halogens is 1. The van der Waals surface area contributed by atoms with Crippen molar-refractivity contribution in [3.05, 3.63) is 34.9 Å². The van der Waals surface area contributed by atoms with Gasteiger partial charge in [0.1, 0.15) is 6.10 Å². The van der Waals surface area contributed by atoms with Gasteiger partial charge in [0.25, 0.3) is 0 Å². The predicted molar refractivity (Wildman–Crippen MR) is 64.3 cm³/mol. The average Bonchev–Trinajstić information content (AvgIpc) is 2.32. The molecule has 0 bridgehead atoms. The van der Waals surface area contributed by atoms with E-state index in [0.717, 1.165) is 5.56 Å². The molecule has 2 atom stereocenters. The lowest BCUT2D eigenvalue weighted by Gasteiger charge is -2.29. The lowest BCUT2D eigenvalue weighted by Crippen LogP contribution is -2.47. The second-order valence-corrected chi connectivity index (χ2v) is 4.47. The number of rotatable bonds is 3. The van der Waals surface area contributed by atoms with Gasteiger partial charge in [0.05, 0.1) is 19.1 Å².